The zero-order valence-corrected chi connectivity index (χ0v) is 19.1. The summed E-state index contributed by atoms with van der Waals surface area (Å²) in [6, 6.07) is 7.08. The average molecular weight is 520 g/mol. The summed E-state index contributed by atoms with van der Waals surface area (Å²) in [4.78, 5) is 31.5. The monoisotopic (exact) mass is 519 g/mol. The van der Waals surface area contributed by atoms with Crippen molar-refractivity contribution < 1.29 is 27.4 Å². The number of alkyl halides is 3. The van der Waals surface area contributed by atoms with Crippen molar-refractivity contribution in [1.82, 2.24) is 19.7 Å². The number of ether oxygens (including phenoxy) is 2. The molecule has 0 spiro atoms. The van der Waals surface area contributed by atoms with Crippen molar-refractivity contribution in [2.75, 3.05) is 18.5 Å². The molecule has 186 valence electrons. The van der Waals surface area contributed by atoms with Crippen molar-refractivity contribution in [2.24, 2.45) is 0 Å². The molecule has 2 N–H and O–H groups in total. The second kappa shape index (κ2) is 9.28. The Morgan fingerprint density at radius 3 is 2.81 bits per heavy atom. The number of nitrogens with one attached hydrogen (secondary N) is 2. The van der Waals surface area contributed by atoms with Crippen LogP contribution in [0.15, 0.2) is 53.7 Å². The molecule has 1 atom stereocenters. The van der Waals surface area contributed by atoms with Gasteiger partial charge in [0, 0.05) is 23.4 Å². The van der Waals surface area contributed by atoms with Crippen LogP contribution in [0.5, 0.6) is 5.88 Å². The lowest BCUT2D eigenvalue weighted by Crippen LogP contribution is -2.21. The van der Waals surface area contributed by atoms with Crippen LogP contribution in [0.4, 0.5) is 18.9 Å². The molecule has 1 unspecified atom stereocenters. The van der Waals surface area contributed by atoms with Crippen LogP contribution in [0.25, 0.3) is 16.5 Å². The van der Waals surface area contributed by atoms with E-state index in [4.69, 9.17) is 21.1 Å². The maximum atomic E-state index is 14.1. The van der Waals surface area contributed by atoms with Gasteiger partial charge >= 0.3 is 6.18 Å². The number of amides is 1. The molecule has 1 amide bonds. The summed E-state index contributed by atoms with van der Waals surface area (Å²) in [6.07, 6.45) is -1.11. The fraction of sp³-hybridized carbons (Fsp3) is 0.217. The number of nitrogens with zero attached hydrogens (tertiary/aromatic N) is 3. The van der Waals surface area contributed by atoms with E-state index in [-0.39, 0.29) is 39.2 Å². The molecule has 1 fully saturated rings. The number of fused-ring (bicyclic) bond motifs is 1. The van der Waals surface area contributed by atoms with Crippen LogP contribution in [0.2, 0.25) is 5.02 Å². The first-order valence-corrected chi connectivity index (χ1v) is 11.1. The van der Waals surface area contributed by atoms with E-state index in [1.165, 1.54) is 42.7 Å². The minimum Gasteiger partial charge on any atom is -0.471 e. The van der Waals surface area contributed by atoms with Crippen molar-refractivity contribution >= 4 is 34.0 Å². The highest BCUT2D eigenvalue weighted by Gasteiger charge is 2.41. The number of carbonyl (C=O) groups is 1. The summed E-state index contributed by atoms with van der Waals surface area (Å²) < 4.78 is 53.9. The largest absolute Gasteiger partial charge is 0.471 e. The third-order valence-corrected chi connectivity index (χ3v) is 5.80. The SMILES string of the molecule is O=C(Nc1cnc(OC2CCOC2)c(Cl)c1)c1cnn(-c2cccc3c(=O)[nH]ccc23)c1C(F)(F)F. The van der Waals surface area contributed by atoms with Crippen LogP contribution in [-0.2, 0) is 10.9 Å². The summed E-state index contributed by atoms with van der Waals surface area (Å²) in [7, 11) is 0. The van der Waals surface area contributed by atoms with Crippen LogP contribution < -0.4 is 15.6 Å². The fourth-order valence-electron chi connectivity index (χ4n) is 3.90. The standard InChI is InChI=1S/C23H17ClF3N5O4/c24-17-8-12(9-29-22(17)36-13-5-7-35-11-13)31-21(34)16-10-30-32(19(16)23(25,26)27)18-3-1-2-15-14(18)4-6-28-20(15)33/h1-4,6,8-10,13H,5,7,11H2,(H,28,33)(H,31,34). The molecule has 36 heavy (non-hydrogen) atoms. The molecule has 4 heterocycles. The van der Waals surface area contributed by atoms with Gasteiger partial charge in [-0.15, -0.1) is 0 Å². The van der Waals surface area contributed by atoms with Crippen molar-refractivity contribution in [3.05, 3.63) is 75.6 Å². The zero-order chi connectivity index (χ0) is 25.4. The predicted octanol–water partition coefficient (Wildman–Crippen LogP) is 4.20. The Hall–Kier alpha value is -3.90. The number of hydrogen-bond acceptors (Lipinski definition) is 6. The van der Waals surface area contributed by atoms with E-state index in [1.807, 2.05) is 0 Å². The summed E-state index contributed by atoms with van der Waals surface area (Å²) in [5.74, 6) is -0.942. The quantitative estimate of drug-likeness (QED) is 0.409. The number of aromatic nitrogens is 4. The average Bonchev–Trinajstić information content (AvgIpc) is 3.51. The van der Waals surface area contributed by atoms with Gasteiger partial charge in [0.1, 0.15) is 11.1 Å². The minimum atomic E-state index is -4.94. The number of benzene rings is 1. The topological polar surface area (TPSA) is 111 Å². The van der Waals surface area contributed by atoms with E-state index in [2.05, 4.69) is 20.4 Å². The number of halogens is 4. The molecule has 0 aliphatic carbocycles. The molecule has 1 aliphatic rings. The van der Waals surface area contributed by atoms with Crippen LogP contribution in [0.1, 0.15) is 22.5 Å². The van der Waals surface area contributed by atoms with Gasteiger partial charge in [0.25, 0.3) is 11.5 Å². The van der Waals surface area contributed by atoms with Gasteiger partial charge in [0.05, 0.1) is 42.5 Å². The highest BCUT2D eigenvalue weighted by molar-refractivity contribution is 6.32. The van der Waals surface area contributed by atoms with Crippen molar-refractivity contribution in [1.29, 1.82) is 0 Å². The number of pyridine rings is 2. The first kappa shape index (κ1) is 23.8. The van der Waals surface area contributed by atoms with Crippen molar-refractivity contribution in [3.63, 3.8) is 0 Å². The number of rotatable bonds is 5. The summed E-state index contributed by atoms with van der Waals surface area (Å²) >= 11 is 6.19. The number of hydrogen-bond donors (Lipinski definition) is 2. The minimum absolute atomic E-state index is 0.00733. The van der Waals surface area contributed by atoms with Gasteiger partial charge in [-0.05, 0) is 24.3 Å². The Labute approximate surface area is 205 Å². The van der Waals surface area contributed by atoms with Gasteiger partial charge in [0.15, 0.2) is 5.69 Å². The van der Waals surface area contributed by atoms with Crippen LogP contribution in [-0.4, -0.2) is 45.0 Å². The van der Waals surface area contributed by atoms with Crippen LogP contribution in [0.3, 0.4) is 0 Å². The summed E-state index contributed by atoms with van der Waals surface area (Å²) in [5, 5.41) is 6.69. The van der Waals surface area contributed by atoms with E-state index in [0.29, 0.717) is 24.3 Å². The molecule has 0 radical (unpaired) electrons. The number of carbonyl (C=O) groups excluding carboxylic acids is 1. The maximum absolute atomic E-state index is 14.1. The van der Waals surface area contributed by atoms with E-state index in [1.54, 1.807) is 0 Å². The lowest BCUT2D eigenvalue weighted by molar-refractivity contribution is -0.143. The first-order valence-electron chi connectivity index (χ1n) is 10.7. The first-order chi connectivity index (χ1) is 17.2. The lowest BCUT2D eigenvalue weighted by atomic mass is 10.1. The van der Waals surface area contributed by atoms with E-state index in [9.17, 15) is 22.8 Å². The molecule has 4 aromatic rings. The molecule has 1 saturated heterocycles. The molecule has 13 heteroatoms. The second-order valence-corrected chi connectivity index (χ2v) is 8.34. The number of anilines is 1. The van der Waals surface area contributed by atoms with Gasteiger partial charge in [0.2, 0.25) is 5.88 Å². The van der Waals surface area contributed by atoms with Gasteiger partial charge in [-0.25, -0.2) is 9.67 Å². The molecule has 0 bridgehead atoms. The molecule has 3 aromatic heterocycles. The lowest BCUT2D eigenvalue weighted by Gasteiger charge is -2.15. The van der Waals surface area contributed by atoms with Gasteiger partial charge < -0.3 is 19.8 Å². The number of aromatic amines is 1. The molecular formula is C23H17ClF3N5O4. The number of H-pyrrole nitrogens is 1. The third-order valence-electron chi connectivity index (χ3n) is 5.53. The Kier molecular flexibility index (Phi) is 6.14. The van der Waals surface area contributed by atoms with Crippen molar-refractivity contribution in [2.45, 2.75) is 18.7 Å². The molecule has 0 saturated carbocycles. The van der Waals surface area contributed by atoms with Crippen LogP contribution >= 0.6 is 11.6 Å². The Morgan fingerprint density at radius 2 is 2.08 bits per heavy atom. The highest BCUT2D eigenvalue weighted by atomic mass is 35.5. The molecule has 5 rings (SSSR count). The second-order valence-electron chi connectivity index (χ2n) is 7.93. The normalized spacial score (nSPS) is 15.8. The third kappa shape index (κ3) is 4.52. The molecule has 1 aliphatic heterocycles. The van der Waals surface area contributed by atoms with Crippen molar-refractivity contribution in [3.8, 4) is 11.6 Å². The van der Waals surface area contributed by atoms with E-state index >= 15 is 0 Å². The Morgan fingerprint density at radius 1 is 1.25 bits per heavy atom. The molecule has 9 nitrogen and oxygen atoms in total. The van der Waals surface area contributed by atoms with E-state index < -0.39 is 28.9 Å². The zero-order valence-electron chi connectivity index (χ0n) is 18.3. The highest BCUT2D eigenvalue weighted by Crippen LogP contribution is 2.35. The predicted molar refractivity (Wildman–Crippen MR) is 124 cm³/mol. The maximum Gasteiger partial charge on any atom is 0.434 e. The Bertz CT molecular complexity index is 1510. The summed E-state index contributed by atoms with van der Waals surface area (Å²) in [6.45, 7) is 0.951. The fourth-order valence-corrected chi connectivity index (χ4v) is 4.11. The summed E-state index contributed by atoms with van der Waals surface area (Å²) in [5.41, 5.74) is -2.42. The van der Waals surface area contributed by atoms with E-state index in [0.717, 1.165) is 6.20 Å². The van der Waals surface area contributed by atoms with Gasteiger partial charge in [-0.2, -0.15) is 18.3 Å². The smallest absolute Gasteiger partial charge is 0.434 e. The van der Waals surface area contributed by atoms with Gasteiger partial charge in [-0.3, -0.25) is 9.59 Å². The molecule has 1 aromatic carbocycles. The molecular weight excluding hydrogens is 503 g/mol. The Balaban J connectivity index is 1.48. The van der Waals surface area contributed by atoms with Crippen LogP contribution in [0, 0.1) is 0 Å². The van der Waals surface area contributed by atoms with Gasteiger partial charge in [-0.1, -0.05) is 17.7 Å².